The van der Waals surface area contributed by atoms with E-state index in [4.69, 9.17) is 5.26 Å². The number of hydrogen-bond acceptors (Lipinski definition) is 3. The second kappa shape index (κ2) is 7.09. The molecule has 8 heteroatoms. The number of hydrogen-bond donors (Lipinski definition) is 1. The summed E-state index contributed by atoms with van der Waals surface area (Å²) in [6, 6.07) is 12.5. The van der Waals surface area contributed by atoms with Crippen LogP contribution in [0.25, 0.3) is 11.1 Å². The molecule has 1 N–H and O–H groups in total. The van der Waals surface area contributed by atoms with Gasteiger partial charge in [-0.15, -0.1) is 0 Å². The van der Waals surface area contributed by atoms with Crippen LogP contribution in [0.3, 0.4) is 0 Å². The fourth-order valence-electron chi connectivity index (χ4n) is 3.47. The highest BCUT2D eigenvalue weighted by Gasteiger charge is 2.33. The number of fused-ring (bicyclic) bond motifs is 1. The molecule has 1 atom stereocenters. The minimum atomic E-state index is -4.51. The molecular formula is C21H15F3N4O. The molecule has 29 heavy (non-hydrogen) atoms. The predicted molar refractivity (Wildman–Crippen MR) is 98.6 cm³/mol. The fraction of sp³-hybridized carbons (Fsp3) is 0.190. The van der Waals surface area contributed by atoms with Crippen molar-refractivity contribution in [3.05, 3.63) is 77.4 Å². The Labute approximate surface area is 164 Å². The van der Waals surface area contributed by atoms with E-state index in [-0.39, 0.29) is 11.9 Å². The number of aromatic nitrogens is 2. The second-order valence-electron chi connectivity index (χ2n) is 6.78. The van der Waals surface area contributed by atoms with Crippen LogP contribution >= 0.6 is 0 Å². The molecule has 1 amide bonds. The molecule has 146 valence electrons. The third-order valence-corrected chi connectivity index (χ3v) is 4.89. The van der Waals surface area contributed by atoms with Crippen LogP contribution in [0.5, 0.6) is 0 Å². The number of halogens is 3. The number of carbonyl (C=O) groups excluding carboxylic acids is 1. The van der Waals surface area contributed by atoms with Crippen molar-refractivity contribution in [2.45, 2.75) is 25.2 Å². The largest absolute Gasteiger partial charge is 0.433 e. The first-order valence-corrected chi connectivity index (χ1v) is 8.90. The van der Waals surface area contributed by atoms with E-state index in [1.54, 1.807) is 30.5 Å². The molecule has 1 aliphatic heterocycles. The van der Waals surface area contributed by atoms with Crippen molar-refractivity contribution in [1.29, 1.82) is 5.26 Å². The zero-order valence-electron chi connectivity index (χ0n) is 15.1. The molecule has 0 saturated carbocycles. The minimum absolute atomic E-state index is 0.258. The number of amides is 1. The Balaban J connectivity index is 1.57. The van der Waals surface area contributed by atoms with Crippen LogP contribution in [0, 0.1) is 11.3 Å². The summed E-state index contributed by atoms with van der Waals surface area (Å²) in [6.07, 6.45) is -0.897. The van der Waals surface area contributed by atoms with Gasteiger partial charge in [0.05, 0.1) is 17.7 Å². The molecule has 0 spiro atoms. The van der Waals surface area contributed by atoms with Gasteiger partial charge in [-0.2, -0.15) is 18.4 Å². The lowest BCUT2D eigenvalue weighted by molar-refractivity contribution is -0.141. The average Bonchev–Trinajstić information content (AvgIpc) is 3.29. The summed E-state index contributed by atoms with van der Waals surface area (Å²) >= 11 is 0. The summed E-state index contributed by atoms with van der Waals surface area (Å²) in [7, 11) is 0. The van der Waals surface area contributed by atoms with Gasteiger partial charge in [0.25, 0.3) is 5.91 Å². The SMILES string of the molecule is N#Cc1cccc(C(=O)NC2CCn3cc(-c4ccnc(C(F)(F)F)c4)cc32)c1. The average molecular weight is 396 g/mol. The molecule has 0 radical (unpaired) electrons. The molecule has 3 heterocycles. The molecular weight excluding hydrogens is 381 g/mol. The van der Waals surface area contributed by atoms with Crippen LogP contribution in [-0.2, 0) is 12.7 Å². The Hall–Kier alpha value is -3.60. The highest BCUT2D eigenvalue weighted by atomic mass is 19.4. The van der Waals surface area contributed by atoms with E-state index in [2.05, 4.69) is 10.3 Å². The molecule has 0 fully saturated rings. The Bertz CT molecular complexity index is 1130. The number of pyridine rings is 1. The molecule has 1 unspecified atom stereocenters. The standard InChI is InChI=1S/C21H15F3N4O/c22-21(23,24)19-10-14(4-6-26-19)16-9-18-17(5-7-28(18)12-16)27-20(29)15-3-1-2-13(8-15)11-25/h1-4,6,8-10,12,17H,5,7H2,(H,27,29). The lowest BCUT2D eigenvalue weighted by atomic mass is 10.1. The molecule has 2 aromatic heterocycles. The number of carbonyl (C=O) groups is 1. The van der Waals surface area contributed by atoms with E-state index in [1.807, 2.05) is 10.6 Å². The van der Waals surface area contributed by atoms with Crippen LogP contribution in [-0.4, -0.2) is 15.5 Å². The van der Waals surface area contributed by atoms with Gasteiger partial charge in [-0.05, 0) is 53.9 Å². The normalized spacial score (nSPS) is 15.6. The van der Waals surface area contributed by atoms with Crippen molar-refractivity contribution in [2.75, 3.05) is 0 Å². The maximum Gasteiger partial charge on any atom is 0.433 e. The van der Waals surface area contributed by atoms with Crippen molar-refractivity contribution in [3.8, 4) is 17.2 Å². The van der Waals surface area contributed by atoms with Gasteiger partial charge in [0.15, 0.2) is 0 Å². The molecule has 4 rings (SSSR count). The molecule has 0 aliphatic carbocycles. The lowest BCUT2D eigenvalue weighted by Gasteiger charge is -2.12. The van der Waals surface area contributed by atoms with E-state index in [1.165, 1.54) is 12.1 Å². The second-order valence-corrected chi connectivity index (χ2v) is 6.78. The van der Waals surface area contributed by atoms with Gasteiger partial charge in [0.1, 0.15) is 5.69 Å². The molecule has 3 aromatic rings. The van der Waals surface area contributed by atoms with E-state index in [9.17, 15) is 18.0 Å². The maximum atomic E-state index is 12.9. The topological polar surface area (TPSA) is 70.7 Å². The first-order valence-electron chi connectivity index (χ1n) is 8.90. The van der Waals surface area contributed by atoms with Gasteiger partial charge in [0, 0.05) is 30.2 Å². The summed E-state index contributed by atoms with van der Waals surface area (Å²) in [5.74, 6) is -0.299. The summed E-state index contributed by atoms with van der Waals surface area (Å²) < 4.78 is 40.7. The first kappa shape index (κ1) is 18.7. The number of nitrogens with zero attached hydrogens (tertiary/aromatic N) is 3. The highest BCUT2D eigenvalue weighted by molar-refractivity contribution is 5.94. The van der Waals surface area contributed by atoms with Gasteiger partial charge >= 0.3 is 6.18 Å². The summed E-state index contributed by atoms with van der Waals surface area (Å²) in [5, 5.41) is 11.9. The molecule has 5 nitrogen and oxygen atoms in total. The zero-order chi connectivity index (χ0) is 20.6. The number of nitrogens with one attached hydrogen (secondary N) is 1. The van der Waals surface area contributed by atoms with E-state index in [0.29, 0.717) is 35.2 Å². The van der Waals surface area contributed by atoms with Gasteiger partial charge in [0.2, 0.25) is 0 Å². The molecule has 1 aromatic carbocycles. The quantitative estimate of drug-likeness (QED) is 0.717. The minimum Gasteiger partial charge on any atom is -0.349 e. The van der Waals surface area contributed by atoms with Gasteiger partial charge in [-0.3, -0.25) is 9.78 Å². The van der Waals surface area contributed by atoms with Crippen molar-refractivity contribution in [1.82, 2.24) is 14.9 Å². The van der Waals surface area contributed by atoms with E-state index >= 15 is 0 Å². The smallest absolute Gasteiger partial charge is 0.349 e. The highest BCUT2D eigenvalue weighted by Crippen LogP contribution is 2.34. The number of nitriles is 1. The maximum absolute atomic E-state index is 12.9. The fourth-order valence-corrected chi connectivity index (χ4v) is 3.47. The monoisotopic (exact) mass is 396 g/mol. The third-order valence-electron chi connectivity index (χ3n) is 4.89. The molecule has 1 aliphatic rings. The van der Waals surface area contributed by atoms with Crippen LogP contribution in [0.2, 0.25) is 0 Å². The summed E-state index contributed by atoms with van der Waals surface area (Å²) in [6.45, 7) is 0.649. The number of benzene rings is 1. The third kappa shape index (κ3) is 3.72. The van der Waals surface area contributed by atoms with Crippen LogP contribution in [0.1, 0.15) is 39.8 Å². The zero-order valence-corrected chi connectivity index (χ0v) is 15.1. The van der Waals surface area contributed by atoms with Crippen LogP contribution < -0.4 is 5.32 Å². The first-order chi connectivity index (χ1) is 13.8. The number of rotatable bonds is 3. The van der Waals surface area contributed by atoms with Crippen molar-refractivity contribution in [3.63, 3.8) is 0 Å². The summed E-state index contributed by atoms with van der Waals surface area (Å²) in [5.41, 5.74) is 1.73. The van der Waals surface area contributed by atoms with Gasteiger partial charge in [-0.25, -0.2) is 0 Å². The molecule has 0 saturated heterocycles. The van der Waals surface area contributed by atoms with E-state index < -0.39 is 11.9 Å². The predicted octanol–water partition coefficient (Wildman–Crippen LogP) is 4.32. The Morgan fingerprint density at radius 1 is 1.21 bits per heavy atom. The van der Waals surface area contributed by atoms with Crippen LogP contribution in [0.15, 0.2) is 54.9 Å². The Morgan fingerprint density at radius 3 is 2.79 bits per heavy atom. The Kier molecular flexibility index (Phi) is 4.59. The van der Waals surface area contributed by atoms with E-state index in [0.717, 1.165) is 18.0 Å². The van der Waals surface area contributed by atoms with Gasteiger partial charge in [-0.1, -0.05) is 6.07 Å². The molecule has 0 bridgehead atoms. The lowest BCUT2D eigenvalue weighted by Crippen LogP contribution is -2.27. The summed E-state index contributed by atoms with van der Waals surface area (Å²) in [4.78, 5) is 15.9. The van der Waals surface area contributed by atoms with Crippen molar-refractivity contribution < 1.29 is 18.0 Å². The number of alkyl halides is 3. The van der Waals surface area contributed by atoms with Gasteiger partial charge < -0.3 is 9.88 Å². The number of aryl methyl sites for hydroxylation is 1. The van der Waals surface area contributed by atoms with Crippen LogP contribution in [0.4, 0.5) is 13.2 Å². The Morgan fingerprint density at radius 2 is 2.03 bits per heavy atom. The van der Waals surface area contributed by atoms with Crippen molar-refractivity contribution >= 4 is 5.91 Å². The van der Waals surface area contributed by atoms with Crippen molar-refractivity contribution in [2.24, 2.45) is 0 Å².